The number of nitrogens with two attached hydrogens (primary N) is 1. The molecular formula is C11H20N2O. The molecule has 0 atom stereocenters. The minimum Gasteiger partial charge on any atom is -0.497 e. The van der Waals surface area contributed by atoms with Crippen LogP contribution in [0, 0.1) is 5.92 Å². The van der Waals surface area contributed by atoms with E-state index < -0.39 is 0 Å². The predicted molar refractivity (Wildman–Crippen MR) is 56.8 cm³/mol. The second-order valence-electron chi connectivity index (χ2n) is 4.39. The van der Waals surface area contributed by atoms with E-state index in [1.54, 1.807) is 0 Å². The summed E-state index contributed by atoms with van der Waals surface area (Å²) < 4.78 is 5.51. The maximum absolute atomic E-state index is 5.72. The van der Waals surface area contributed by atoms with Crippen LogP contribution >= 0.6 is 0 Å². The smallest absolute Gasteiger partial charge is 0.106 e. The van der Waals surface area contributed by atoms with E-state index >= 15 is 0 Å². The fourth-order valence-electron chi connectivity index (χ4n) is 2.09. The zero-order valence-corrected chi connectivity index (χ0v) is 8.67. The van der Waals surface area contributed by atoms with Gasteiger partial charge in [-0.1, -0.05) is 0 Å². The van der Waals surface area contributed by atoms with Gasteiger partial charge in [-0.2, -0.15) is 0 Å². The van der Waals surface area contributed by atoms with E-state index in [9.17, 15) is 0 Å². The third-order valence-corrected chi connectivity index (χ3v) is 3.01. The summed E-state index contributed by atoms with van der Waals surface area (Å²) in [5.41, 5.74) is 5.72. The van der Waals surface area contributed by atoms with Crippen LogP contribution in [0.15, 0.2) is 11.8 Å². The number of hydrogen-bond donors (Lipinski definition) is 2. The van der Waals surface area contributed by atoms with Crippen molar-refractivity contribution in [3.63, 3.8) is 0 Å². The quantitative estimate of drug-likeness (QED) is 0.705. The molecule has 3 heteroatoms. The molecule has 1 fully saturated rings. The van der Waals surface area contributed by atoms with Crippen LogP contribution in [-0.4, -0.2) is 25.7 Å². The van der Waals surface area contributed by atoms with Crippen molar-refractivity contribution >= 4 is 0 Å². The predicted octanol–water partition coefficient (Wildman–Crippen LogP) is 1.01. The van der Waals surface area contributed by atoms with Crippen LogP contribution in [0.25, 0.3) is 0 Å². The van der Waals surface area contributed by atoms with Crippen molar-refractivity contribution in [2.75, 3.05) is 19.7 Å². The second-order valence-corrected chi connectivity index (χ2v) is 4.39. The molecule has 14 heavy (non-hydrogen) atoms. The first kappa shape index (κ1) is 9.99. The Morgan fingerprint density at radius 2 is 2.36 bits per heavy atom. The summed E-state index contributed by atoms with van der Waals surface area (Å²) in [5.74, 6) is 1.93. The Balaban J connectivity index is 1.56. The summed E-state index contributed by atoms with van der Waals surface area (Å²) in [6.45, 7) is 2.88. The third-order valence-electron chi connectivity index (χ3n) is 3.01. The van der Waals surface area contributed by atoms with Gasteiger partial charge in [-0.25, -0.2) is 0 Å². The highest BCUT2D eigenvalue weighted by Crippen LogP contribution is 2.24. The van der Waals surface area contributed by atoms with Crippen LogP contribution in [0.5, 0.6) is 0 Å². The maximum atomic E-state index is 5.72. The van der Waals surface area contributed by atoms with E-state index in [0.717, 1.165) is 31.4 Å². The molecule has 0 amide bonds. The molecule has 80 valence electrons. The molecule has 3 N–H and O–H groups in total. The number of ether oxygens (including phenoxy) is 1. The van der Waals surface area contributed by atoms with E-state index in [2.05, 4.69) is 11.4 Å². The molecular weight excluding hydrogens is 176 g/mol. The van der Waals surface area contributed by atoms with Crippen molar-refractivity contribution in [2.45, 2.75) is 31.7 Å². The highest BCUT2D eigenvalue weighted by atomic mass is 16.5. The number of hydrogen-bond acceptors (Lipinski definition) is 3. The summed E-state index contributed by atoms with van der Waals surface area (Å²) in [6.07, 6.45) is 6.91. The molecule has 1 saturated carbocycles. The SMILES string of the molecule is N[C@H]1C[C@H](CNCC2=CCCCO2)C1. The monoisotopic (exact) mass is 196 g/mol. The molecule has 0 bridgehead atoms. The lowest BCUT2D eigenvalue weighted by atomic mass is 9.81. The van der Waals surface area contributed by atoms with Gasteiger partial charge in [-0.3, -0.25) is 0 Å². The zero-order chi connectivity index (χ0) is 9.80. The van der Waals surface area contributed by atoms with Crippen LogP contribution in [0.2, 0.25) is 0 Å². The molecule has 0 spiro atoms. The fourth-order valence-corrected chi connectivity index (χ4v) is 2.09. The standard InChI is InChI=1S/C11H20N2O/c12-10-5-9(6-10)7-13-8-11-3-1-2-4-14-11/h3,9-10,13H,1-2,4-8,12H2/t9-,10-. The highest BCUT2D eigenvalue weighted by molar-refractivity contribution is 4.98. The molecule has 0 saturated heterocycles. The van der Waals surface area contributed by atoms with Crippen molar-refractivity contribution in [1.29, 1.82) is 0 Å². The highest BCUT2D eigenvalue weighted by Gasteiger charge is 2.25. The van der Waals surface area contributed by atoms with Gasteiger partial charge in [0.1, 0.15) is 5.76 Å². The Morgan fingerprint density at radius 1 is 1.50 bits per heavy atom. The van der Waals surface area contributed by atoms with Crippen molar-refractivity contribution in [2.24, 2.45) is 11.7 Å². The molecule has 1 aliphatic carbocycles. The van der Waals surface area contributed by atoms with Gasteiger partial charge in [0.15, 0.2) is 0 Å². The Hall–Kier alpha value is -0.540. The van der Waals surface area contributed by atoms with E-state index in [1.807, 2.05) is 0 Å². The number of rotatable bonds is 4. The lowest BCUT2D eigenvalue weighted by Crippen LogP contribution is -2.41. The Morgan fingerprint density at radius 3 is 3.00 bits per heavy atom. The van der Waals surface area contributed by atoms with Gasteiger partial charge < -0.3 is 15.8 Å². The third kappa shape index (κ3) is 2.72. The molecule has 2 aliphatic rings. The van der Waals surface area contributed by atoms with Gasteiger partial charge in [0.05, 0.1) is 13.2 Å². The second kappa shape index (κ2) is 4.80. The summed E-state index contributed by atoms with van der Waals surface area (Å²) in [5, 5.41) is 3.43. The van der Waals surface area contributed by atoms with Gasteiger partial charge in [0.25, 0.3) is 0 Å². The van der Waals surface area contributed by atoms with Gasteiger partial charge in [0.2, 0.25) is 0 Å². The maximum Gasteiger partial charge on any atom is 0.106 e. The molecule has 0 unspecified atom stereocenters. The first-order valence-electron chi connectivity index (χ1n) is 5.62. The minimum absolute atomic E-state index is 0.465. The fraction of sp³-hybridized carbons (Fsp3) is 0.818. The lowest BCUT2D eigenvalue weighted by molar-refractivity contribution is 0.182. The summed E-state index contributed by atoms with van der Waals surface area (Å²) in [4.78, 5) is 0. The minimum atomic E-state index is 0.465. The Labute approximate surface area is 85.7 Å². The van der Waals surface area contributed by atoms with Crippen LogP contribution in [0.4, 0.5) is 0 Å². The Kier molecular flexibility index (Phi) is 3.43. The van der Waals surface area contributed by atoms with E-state index in [-0.39, 0.29) is 0 Å². The average Bonchev–Trinajstić information content (AvgIpc) is 2.17. The normalized spacial score (nSPS) is 31.6. The lowest BCUT2D eigenvalue weighted by Gasteiger charge is -2.32. The molecule has 0 radical (unpaired) electrons. The van der Waals surface area contributed by atoms with Crippen LogP contribution in [-0.2, 0) is 4.74 Å². The molecule has 1 heterocycles. The van der Waals surface area contributed by atoms with Gasteiger partial charge in [-0.15, -0.1) is 0 Å². The summed E-state index contributed by atoms with van der Waals surface area (Å²) >= 11 is 0. The summed E-state index contributed by atoms with van der Waals surface area (Å²) in [6, 6.07) is 0.465. The molecule has 0 aromatic carbocycles. The average molecular weight is 196 g/mol. The first-order valence-corrected chi connectivity index (χ1v) is 5.62. The van der Waals surface area contributed by atoms with Gasteiger partial charge in [-0.05, 0) is 44.2 Å². The summed E-state index contributed by atoms with van der Waals surface area (Å²) in [7, 11) is 0. The van der Waals surface area contributed by atoms with Crippen molar-refractivity contribution in [1.82, 2.24) is 5.32 Å². The van der Waals surface area contributed by atoms with Crippen LogP contribution < -0.4 is 11.1 Å². The van der Waals surface area contributed by atoms with Crippen molar-refractivity contribution < 1.29 is 4.74 Å². The zero-order valence-electron chi connectivity index (χ0n) is 8.67. The van der Waals surface area contributed by atoms with E-state index in [0.29, 0.717) is 6.04 Å². The molecule has 2 rings (SSSR count). The molecule has 0 aromatic heterocycles. The first-order chi connectivity index (χ1) is 6.84. The van der Waals surface area contributed by atoms with Gasteiger partial charge >= 0.3 is 0 Å². The van der Waals surface area contributed by atoms with E-state index in [1.165, 1.54) is 25.7 Å². The topological polar surface area (TPSA) is 47.3 Å². The van der Waals surface area contributed by atoms with Crippen LogP contribution in [0.3, 0.4) is 0 Å². The number of nitrogens with one attached hydrogen (secondary N) is 1. The van der Waals surface area contributed by atoms with Crippen LogP contribution in [0.1, 0.15) is 25.7 Å². The van der Waals surface area contributed by atoms with Gasteiger partial charge in [0, 0.05) is 6.04 Å². The molecule has 1 aliphatic heterocycles. The Bertz CT molecular complexity index is 209. The molecule has 3 nitrogen and oxygen atoms in total. The largest absolute Gasteiger partial charge is 0.497 e. The van der Waals surface area contributed by atoms with E-state index in [4.69, 9.17) is 10.5 Å². The number of allylic oxidation sites excluding steroid dienone is 1. The van der Waals surface area contributed by atoms with Crippen molar-refractivity contribution in [3.05, 3.63) is 11.8 Å². The molecule has 0 aromatic rings. The van der Waals surface area contributed by atoms with Crippen molar-refractivity contribution in [3.8, 4) is 0 Å².